The number of amides is 1. The smallest absolute Gasteiger partial charge is 0.305 e. The van der Waals surface area contributed by atoms with Gasteiger partial charge in [-0.15, -0.1) is 0 Å². The molecule has 1 rings (SSSR count). The first kappa shape index (κ1) is 13.9. The third-order valence-electron chi connectivity index (χ3n) is 2.72. The number of carboxylic acids is 1. The quantitative estimate of drug-likeness (QED) is 0.475. The molecule has 0 radical (unpaired) electrons. The molecule has 0 atom stereocenters. The van der Waals surface area contributed by atoms with E-state index in [2.05, 4.69) is 16.0 Å². The SMILES string of the molecule is CC(C)NC(=O)CCNC1(CC(=O)O)CNC1. The standard InChI is InChI=1S/C11H21N3O3/c1-8(2)14-9(15)3-4-13-11(5-10(16)17)6-12-7-11/h8,12-13H,3-7H2,1-2H3,(H,14,15)(H,16,17). The van der Waals surface area contributed by atoms with Crippen molar-refractivity contribution in [3.8, 4) is 0 Å². The van der Waals surface area contributed by atoms with Crippen LogP contribution in [0.2, 0.25) is 0 Å². The van der Waals surface area contributed by atoms with Crippen LogP contribution < -0.4 is 16.0 Å². The van der Waals surface area contributed by atoms with Crippen molar-refractivity contribution in [2.24, 2.45) is 0 Å². The molecule has 1 amide bonds. The van der Waals surface area contributed by atoms with Crippen LogP contribution in [0.15, 0.2) is 0 Å². The number of carbonyl (C=O) groups is 2. The van der Waals surface area contributed by atoms with Crippen LogP contribution in [0.5, 0.6) is 0 Å². The zero-order chi connectivity index (χ0) is 12.9. The minimum absolute atomic E-state index is 0.00902. The van der Waals surface area contributed by atoms with Gasteiger partial charge in [0.05, 0.1) is 12.0 Å². The molecule has 6 nitrogen and oxygen atoms in total. The van der Waals surface area contributed by atoms with Gasteiger partial charge in [-0.3, -0.25) is 9.59 Å². The minimum atomic E-state index is -0.814. The van der Waals surface area contributed by atoms with Gasteiger partial charge in [0.1, 0.15) is 0 Å². The molecule has 6 heteroatoms. The molecule has 1 heterocycles. The highest BCUT2D eigenvalue weighted by Crippen LogP contribution is 2.15. The number of hydrogen-bond acceptors (Lipinski definition) is 4. The number of rotatable bonds is 7. The van der Waals surface area contributed by atoms with Crippen molar-refractivity contribution in [3.63, 3.8) is 0 Å². The molecular weight excluding hydrogens is 222 g/mol. The number of carboxylic acid groups (broad SMARTS) is 1. The van der Waals surface area contributed by atoms with E-state index in [4.69, 9.17) is 5.11 Å². The number of nitrogens with one attached hydrogen (secondary N) is 3. The molecule has 0 aromatic rings. The molecule has 0 aromatic carbocycles. The summed E-state index contributed by atoms with van der Waals surface area (Å²) in [5.74, 6) is -0.823. The Morgan fingerprint density at radius 1 is 1.41 bits per heavy atom. The lowest BCUT2D eigenvalue weighted by molar-refractivity contribution is -0.139. The number of aliphatic carboxylic acids is 1. The molecule has 1 saturated heterocycles. The lowest BCUT2D eigenvalue weighted by Gasteiger charge is -2.42. The first-order valence-electron chi connectivity index (χ1n) is 5.90. The predicted molar refractivity (Wildman–Crippen MR) is 63.8 cm³/mol. The van der Waals surface area contributed by atoms with E-state index in [-0.39, 0.29) is 23.9 Å². The first-order valence-corrected chi connectivity index (χ1v) is 5.90. The Hall–Kier alpha value is -1.14. The summed E-state index contributed by atoms with van der Waals surface area (Å²) in [6, 6.07) is 0.140. The average molecular weight is 243 g/mol. The molecule has 1 aliphatic heterocycles. The second-order valence-electron chi connectivity index (χ2n) is 4.85. The van der Waals surface area contributed by atoms with Crippen LogP contribution in [-0.4, -0.2) is 48.2 Å². The Morgan fingerprint density at radius 3 is 2.47 bits per heavy atom. The number of hydrogen-bond donors (Lipinski definition) is 4. The summed E-state index contributed by atoms with van der Waals surface area (Å²) in [5, 5.41) is 17.8. The monoisotopic (exact) mass is 243 g/mol. The van der Waals surface area contributed by atoms with E-state index in [1.165, 1.54) is 0 Å². The third-order valence-corrected chi connectivity index (χ3v) is 2.72. The zero-order valence-corrected chi connectivity index (χ0v) is 10.4. The first-order chi connectivity index (χ1) is 7.93. The summed E-state index contributed by atoms with van der Waals surface area (Å²) in [4.78, 5) is 22.1. The van der Waals surface area contributed by atoms with Gasteiger partial charge < -0.3 is 21.1 Å². The van der Waals surface area contributed by atoms with Gasteiger partial charge in [0.25, 0.3) is 0 Å². The van der Waals surface area contributed by atoms with Crippen LogP contribution in [0.4, 0.5) is 0 Å². The summed E-state index contributed by atoms with van der Waals surface area (Å²) in [7, 11) is 0. The average Bonchev–Trinajstić information content (AvgIpc) is 2.11. The Morgan fingerprint density at radius 2 is 2.06 bits per heavy atom. The van der Waals surface area contributed by atoms with Gasteiger partial charge in [-0.1, -0.05) is 0 Å². The summed E-state index contributed by atoms with van der Waals surface area (Å²) >= 11 is 0. The maximum absolute atomic E-state index is 11.4. The molecule has 0 bridgehead atoms. The van der Waals surface area contributed by atoms with E-state index in [1.807, 2.05) is 13.8 Å². The van der Waals surface area contributed by atoms with Crippen molar-refractivity contribution in [1.82, 2.24) is 16.0 Å². The van der Waals surface area contributed by atoms with E-state index in [9.17, 15) is 9.59 Å². The largest absolute Gasteiger partial charge is 0.481 e. The zero-order valence-electron chi connectivity index (χ0n) is 10.4. The summed E-state index contributed by atoms with van der Waals surface area (Å²) in [6.45, 7) is 5.61. The molecule has 4 N–H and O–H groups in total. The third kappa shape index (κ3) is 4.70. The number of carbonyl (C=O) groups excluding carboxylic acids is 1. The summed E-state index contributed by atoms with van der Waals surface area (Å²) in [5.41, 5.74) is -0.371. The molecule has 17 heavy (non-hydrogen) atoms. The molecule has 0 unspecified atom stereocenters. The molecule has 1 aliphatic rings. The molecule has 1 fully saturated rings. The molecule has 98 valence electrons. The van der Waals surface area contributed by atoms with Gasteiger partial charge in [-0.25, -0.2) is 0 Å². The van der Waals surface area contributed by atoms with Crippen molar-refractivity contribution < 1.29 is 14.7 Å². The highest BCUT2D eigenvalue weighted by Gasteiger charge is 2.38. The highest BCUT2D eigenvalue weighted by molar-refractivity contribution is 5.76. The van der Waals surface area contributed by atoms with Crippen molar-refractivity contribution >= 4 is 11.9 Å². The predicted octanol–water partition coefficient (Wildman–Crippen LogP) is -0.693. The second kappa shape index (κ2) is 5.97. The van der Waals surface area contributed by atoms with E-state index in [0.29, 0.717) is 26.1 Å². The molecule has 0 aromatic heterocycles. The van der Waals surface area contributed by atoms with Crippen LogP contribution in [0.1, 0.15) is 26.7 Å². The Kier molecular flexibility index (Phi) is 4.89. The Balaban J connectivity index is 2.24. The topological polar surface area (TPSA) is 90.5 Å². The Bertz CT molecular complexity index is 288. The molecular formula is C11H21N3O3. The van der Waals surface area contributed by atoms with Crippen molar-refractivity contribution in [2.45, 2.75) is 38.3 Å². The second-order valence-corrected chi connectivity index (χ2v) is 4.85. The fraction of sp³-hybridized carbons (Fsp3) is 0.818. The van der Waals surface area contributed by atoms with Gasteiger partial charge >= 0.3 is 5.97 Å². The maximum Gasteiger partial charge on any atom is 0.305 e. The van der Waals surface area contributed by atoms with Gasteiger partial charge in [0.15, 0.2) is 0 Å². The van der Waals surface area contributed by atoms with Gasteiger partial charge in [-0.2, -0.15) is 0 Å². The van der Waals surface area contributed by atoms with Crippen molar-refractivity contribution in [2.75, 3.05) is 19.6 Å². The van der Waals surface area contributed by atoms with Crippen LogP contribution in [0, 0.1) is 0 Å². The van der Waals surface area contributed by atoms with E-state index >= 15 is 0 Å². The molecule has 0 saturated carbocycles. The molecule has 0 spiro atoms. The highest BCUT2D eigenvalue weighted by atomic mass is 16.4. The lowest BCUT2D eigenvalue weighted by atomic mass is 9.88. The summed E-state index contributed by atoms with van der Waals surface area (Å²) < 4.78 is 0. The fourth-order valence-corrected chi connectivity index (χ4v) is 1.86. The van der Waals surface area contributed by atoms with Gasteiger partial charge in [0.2, 0.25) is 5.91 Å². The summed E-state index contributed by atoms with van der Waals surface area (Å²) in [6.07, 6.45) is 0.464. The minimum Gasteiger partial charge on any atom is -0.481 e. The maximum atomic E-state index is 11.4. The van der Waals surface area contributed by atoms with Crippen LogP contribution in [-0.2, 0) is 9.59 Å². The van der Waals surface area contributed by atoms with Gasteiger partial charge in [0, 0.05) is 32.1 Å². The van der Waals surface area contributed by atoms with Crippen molar-refractivity contribution in [1.29, 1.82) is 0 Å². The van der Waals surface area contributed by atoms with E-state index < -0.39 is 5.97 Å². The fourth-order valence-electron chi connectivity index (χ4n) is 1.86. The van der Waals surface area contributed by atoms with Crippen LogP contribution in [0.25, 0.3) is 0 Å². The lowest BCUT2D eigenvalue weighted by Crippen LogP contribution is -2.68. The van der Waals surface area contributed by atoms with Crippen molar-refractivity contribution in [3.05, 3.63) is 0 Å². The Labute approximate surface area is 101 Å². The molecule has 0 aliphatic carbocycles. The van der Waals surface area contributed by atoms with Gasteiger partial charge in [-0.05, 0) is 13.8 Å². The normalized spacial score (nSPS) is 17.6. The van der Waals surface area contributed by atoms with Crippen LogP contribution >= 0.6 is 0 Å². The van der Waals surface area contributed by atoms with E-state index in [0.717, 1.165) is 0 Å². The van der Waals surface area contributed by atoms with E-state index in [1.54, 1.807) is 0 Å². The van der Waals surface area contributed by atoms with Crippen LogP contribution in [0.3, 0.4) is 0 Å².